The van der Waals surface area contributed by atoms with E-state index in [2.05, 4.69) is 61.9 Å². The van der Waals surface area contributed by atoms with Crippen LogP contribution in [-0.2, 0) is 24.2 Å². The Morgan fingerprint density at radius 2 is 1.97 bits per heavy atom. The number of nitrogens with zero attached hydrogens (tertiary/aromatic N) is 3. The van der Waals surface area contributed by atoms with Gasteiger partial charge in [-0.25, -0.2) is 0 Å². The van der Waals surface area contributed by atoms with Crippen LogP contribution in [-0.4, -0.2) is 32.5 Å². The largest absolute Gasteiger partial charge is 0.353 e. The predicted molar refractivity (Wildman–Crippen MR) is 118 cm³/mol. The average molecular weight is 427 g/mol. The molecular weight excluding hydrogens is 400 g/mol. The Labute approximate surface area is 179 Å². The molecule has 2 heterocycles. The van der Waals surface area contributed by atoms with E-state index in [1.54, 1.807) is 11.3 Å². The van der Waals surface area contributed by atoms with Crippen LogP contribution in [0.2, 0.25) is 0 Å². The molecule has 0 saturated heterocycles. The van der Waals surface area contributed by atoms with Gasteiger partial charge in [0.05, 0.1) is 5.75 Å². The quantitative estimate of drug-likeness (QED) is 0.518. The molecule has 1 saturated carbocycles. The fourth-order valence-corrected chi connectivity index (χ4v) is 5.20. The lowest BCUT2D eigenvalue weighted by molar-refractivity contribution is -0.119. The van der Waals surface area contributed by atoms with Gasteiger partial charge in [0.2, 0.25) is 5.91 Å². The summed E-state index contributed by atoms with van der Waals surface area (Å²) in [6, 6.07) is 15.0. The summed E-state index contributed by atoms with van der Waals surface area (Å²) in [6.07, 6.45) is 6.34. The lowest BCUT2D eigenvalue weighted by Crippen LogP contribution is -2.33. The van der Waals surface area contributed by atoms with Crippen LogP contribution in [0.1, 0.15) is 41.9 Å². The van der Waals surface area contributed by atoms with Crippen molar-refractivity contribution in [2.75, 3.05) is 5.75 Å². The monoisotopic (exact) mass is 426 g/mol. The number of rotatable bonds is 9. The standard InChI is InChI=1S/C22H26N4OS2/c27-21(23-18-9-4-5-10-18)16-29-22-25-24-20(15-19-11-6-14-28-19)26(22)13-12-17-7-2-1-3-8-17/h1-3,6-8,11,14,18H,4-5,9-10,12-13,15-16H2,(H,23,27). The molecule has 0 aliphatic heterocycles. The highest BCUT2D eigenvalue weighted by Gasteiger charge is 2.19. The maximum absolute atomic E-state index is 12.3. The Kier molecular flexibility index (Phi) is 7.00. The van der Waals surface area contributed by atoms with Crippen LogP contribution in [0.4, 0.5) is 0 Å². The van der Waals surface area contributed by atoms with Gasteiger partial charge in [0.1, 0.15) is 5.82 Å². The molecule has 0 atom stereocenters. The highest BCUT2D eigenvalue weighted by Crippen LogP contribution is 2.22. The molecule has 5 nitrogen and oxygen atoms in total. The molecule has 1 amide bonds. The van der Waals surface area contributed by atoms with Gasteiger partial charge in [-0.1, -0.05) is 61.0 Å². The molecule has 29 heavy (non-hydrogen) atoms. The first-order valence-corrected chi connectivity index (χ1v) is 12.0. The van der Waals surface area contributed by atoms with E-state index in [1.165, 1.54) is 35.0 Å². The summed E-state index contributed by atoms with van der Waals surface area (Å²) >= 11 is 3.22. The first-order valence-electron chi connectivity index (χ1n) is 10.2. The Bertz CT molecular complexity index is 902. The Hall–Kier alpha value is -2.12. The van der Waals surface area contributed by atoms with E-state index in [0.717, 1.165) is 43.2 Å². The van der Waals surface area contributed by atoms with Crippen LogP contribution in [0.3, 0.4) is 0 Å². The van der Waals surface area contributed by atoms with Crippen molar-refractivity contribution < 1.29 is 4.79 Å². The fraction of sp³-hybridized carbons (Fsp3) is 0.409. The van der Waals surface area contributed by atoms with Crippen LogP contribution in [0.5, 0.6) is 0 Å². The molecule has 7 heteroatoms. The van der Waals surface area contributed by atoms with Crippen molar-refractivity contribution in [1.82, 2.24) is 20.1 Å². The van der Waals surface area contributed by atoms with Crippen LogP contribution < -0.4 is 5.32 Å². The summed E-state index contributed by atoms with van der Waals surface area (Å²) in [5, 5.41) is 14.9. The lowest BCUT2D eigenvalue weighted by atomic mass is 10.1. The number of aromatic nitrogens is 3. The van der Waals surface area contributed by atoms with E-state index in [-0.39, 0.29) is 5.91 Å². The number of hydrogen-bond acceptors (Lipinski definition) is 5. The van der Waals surface area contributed by atoms with Crippen LogP contribution in [0, 0.1) is 0 Å². The third-order valence-electron chi connectivity index (χ3n) is 5.23. The van der Waals surface area contributed by atoms with Crippen molar-refractivity contribution in [3.8, 4) is 0 Å². The van der Waals surface area contributed by atoms with E-state index in [1.807, 2.05) is 6.07 Å². The maximum atomic E-state index is 12.3. The van der Waals surface area contributed by atoms with Gasteiger partial charge in [0.15, 0.2) is 5.16 Å². The second kappa shape index (κ2) is 10.1. The van der Waals surface area contributed by atoms with E-state index in [9.17, 15) is 4.79 Å². The molecule has 4 rings (SSSR count). The van der Waals surface area contributed by atoms with Gasteiger partial charge >= 0.3 is 0 Å². The number of nitrogens with one attached hydrogen (secondary N) is 1. The van der Waals surface area contributed by atoms with E-state index in [0.29, 0.717) is 11.8 Å². The third kappa shape index (κ3) is 5.70. The zero-order chi connectivity index (χ0) is 19.9. The van der Waals surface area contributed by atoms with Crippen molar-refractivity contribution in [3.05, 3.63) is 64.1 Å². The van der Waals surface area contributed by atoms with Crippen molar-refractivity contribution in [1.29, 1.82) is 0 Å². The number of thiophene rings is 1. The minimum atomic E-state index is 0.0966. The Morgan fingerprint density at radius 1 is 1.14 bits per heavy atom. The maximum Gasteiger partial charge on any atom is 0.230 e. The average Bonchev–Trinajstić information content (AvgIpc) is 3.49. The molecule has 1 fully saturated rings. The normalized spacial score (nSPS) is 14.3. The third-order valence-corrected chi connectivity index (χ3v) is 7.07. The summed E-state index contributed by atoms with van der Waals surface area (Å²) in [5.74, 6) is 1.44. The first kappa shape index (κ1) is 20.2. The molecule has 2 aromatic heterocycles. The van der Waals surface area contributed by atoms with Crippen molar-refractivity contribution in [2.24, 2.45) is 0 Å². The van der Waals surface area contributed by atoms with E-state index >= 15 is 0 Å². The molecule has 1 aromatic carbocycles. The molecule has 1 N–H and O–H groups in total. The number of benzene rings is 1. The molecule has 0 spiro atoms. The molecule has 152 valence electrons. The lowest BCUT2D eigenvalue weighted by Gasteiger charge is -2.12. The van der Waals surface area contributed by atoms with Gasteiger partial charge in [0.25, 0.3) is 0 Å². The molecule has 0 unspecified atom stereocenters. The van der Waals surface area contributed by atoms with E-state index < -0.39 is 0 Å². The van der Waals surface area contributed by atoms with Crippen LogP contribution >= 0.6 is 23.1 Å². The number of aryl methyl sites for hydroxylation is 1. The summed E-state index contributed by atoms with van der Waals surface area (Å²) in [6.45, 7) is 0.810. The smallest absolute Gasteiger partial charge is 0.230 e. The number of amides is 1. The molecule has 0 radical (unpaired) electrons. The molecule has 0 bridgehead atoms. The Balaban J connectivity index is 1.43. The fourth-order valence-electron chi connectivity index (χ4n) is 3.71. The number of carbonyl (C=O) groups excluding carboxylic acids is 1. The summed E-state index contributed by atoms with van der Waals surface area (Å²) in [4.78, 5) is 13.6. The topological polar surface area (TPSA) is 59.8 Å². The number of hydrogen-bond donors (Lipinski definition) is 1. The SMILES string of the molecule is O=C(CSc1nnc(Cc2cccs2)n1CCc1ccccc1)NC1CCCC1. The van der Waals surface area contributed by atoms with Gasteiger partial charge in [0, 0.05) is 23.9 Å². The Morgan fingerprint density at radius 3 is 2.72 bits per heavy atom. The minimum Gasteiger partial charge on any atom is -0.353 e. The molecule has 1 aliphatic rings. The van der Waals surface area contributed by atoms with E-state index in [4.69, 9.17) is 0 Å². The number of carbonyl (C=O) groups is 1. The predicted octanol–water partition coefficient (Wildman–Crippen LogP) is 4.32. The number of thioether (sulfide) groups is 1. The minimum absolute atomic E-state index is 0.0966. The highest BCUT2D eigenvalue weighted by atomic mass is 32.2. The highest BCUT2D eigenvalue weighted by molar-refractivity contribution is 7.99. The van der Waals surface area contributed by atoms with Crippen molar-refractivity contribution >= 4 is 29.0 Å². The van der Waals surface area contributed by atoms with Crippen LogP contribution in [0.25, 0.3) is 0 Å². The van der Waals surface area contributed by atoms with Gasteiger partial charge in [-0.15, -0.1) is 21.5 Å². The van der Waals surface area contributed by atoms with Gasteiger partial charge in [-0.05, 0) is 36.3 Å². The van der Waals surface area contributed by atoms with Crippen molar-refractivity contribution in [2.45, 2.75) is 56.3 Å². The van der Waals surface area contributed by atoms with Gasteiger partial charge in [-0.3, -0.25) is 4.79 Å². The zero-order valence-corrected chi connectivity index (χ0v) is 18.1. The van der Waals surface area contributed by atoms with Gasteiger partial charge in [-0.2, -0.15) is 0 Å². The molecular formula is C22H26N4OS2. The zero-order valence-electron chi connectivity index (χ0n) is 16.4. The summed E-state index contributed by atoms with van der Waals surface area (Å²) < 4.78 is 2.18. The first-order chi connectivity index (χ1) is 14.3. The van der Waals surface area contributed by atoms with Crippen LogP contribution in [0.15, 0.2) is 53.0 Å². The second-order valence-corrected chi connectivity index (χ2v) is 9.35. The van der Waals surface area contributed by atoms with Crippen molar-refractivity contribution in [3.63, 3.8) is 0 Å². The molecule has 3 aromatic rings. The summed E-state index contributed by atoms with van der Waals surface area (Å²) in [7, 11) is 0. The molecule has 1 aliphatic carbocycles. The van der Waals surface area contributed by atoms with Gasteiger partial charge < -0.3 is 9.88 Å². The second-order valence-electron chi connectivity index (χ2n) is 7.38. The summed E-state index contributed by atoms with van der Waals surface area (Å²) in [5.41, 5.74) is 1.29.